The molecule has 2 aliphatic rings. The molecule has 1 saturated heterocycles. The van der Waals surface area contributed by atoms with E-state index in [0.717, 1.165) is 24.7 Å². The largest absolute Gasteiger partial charge is 0.336 e. The summed E-state index contributed by atoms with van der Waals surface area (Å²) in [4.78, 5) is 17.6. The van der Waals surface area contributed by atoms with Crippen molar-refractivity contribution in [3.05, 3.63) is 30.3 Å². The normalized spacial score (nSPS) is 22.0. The van der Waals surface area contributed by atoms with Gasteiger partial charge in [-0.1, -0.05) is 57.2 Å². The summed E-state index contributed by atoms with van der Waals surface area (Å²) in [5.41, 5.74) is 0.840. The Labute approximate surface area is 177 Å². The fourth-order valence-electron chi connectivity index (χ4n) is 5.13. The van der Waals surface area contributed by atoms with Gasteiger partial charge in [-0.25, -0.2) is 4.79 Å². The molecule has 1 aromatic carbocycles. The molecule has 1 aliphatic carbocycles. The average molecular weight is 401 g/mol. The van der Waals surface area contributed by atoms with Gasteiger partial charge in [-0.2, -0.15) is 0 Å². The molecule has 162 valence electrons. The van der Waals surface area contributed by atoms with Gasteiger partial charge in [-0.3, -0.25) is 4.90 Å². The first kappa shape index (κ1) is 22.1. The number of hydrogen-bond donors (Lipinski definition) is 2. The lowest BCUT2D eigenvalue weighted by molar-refractivity contribution is 0.138. The van der Waals surface area contributed by atoms with Crippen LogP contribution >= 0.6 is 0 Å². The molecule has 1 heterocycles. The van der Waals surface area contributed by atoms with Crippen molar-refractivity contribution in [1.82, 2.24) is 15.1 Å². The average Bonchev–Trinajstić information content (AvgIpc) is 3.19. The van der Waals surface area contributed by atoms with Crippen LogP contribution in [-0.2, 0) is 0 Å². The van der Waals surface area contributed by atoms with Crippen LogP contribution in [0.25, 0.3) is 0 Å². The fourth-order valence-corrected chi connectivity index (χ4v) is 5.13. The maximum absolute atomic E-state index is 12.4. The van der Waals surface area contributed by atoms with Gasteiger partial charge in [-0.15, -0.1) is 0 Å². The Hall–Kier alpha value is -1.59. The van der Waals surface area contributed by atoms with Gasteiger partial charge < -0.3 is 15.5 Å². The molecule has 0 aromatic heterocycles. The maximum atomic E-state index is 12.4. The minimum absolute atomic E-state index is 0.103. The number of anilines is 1. The number of nitrogens with one attached hydrogen (secondary N) is 2. The molecular weight excluding hydrogens is 360 g/mol. The monoisotopic (exact) mass is 400 g/mol. The van der Waals surface area contributed by atoms with E-state index in [9.17, 15) is 4.79 Å². The molecule has 5 nitrogen and oxygen atoms in total. The van der Waals surface area contributed by atoms with Crippen LogP contribution in [0, 0.1) is 5.92 Å². The third-order valence-corrected chi connectivity index (χ3v) is 6.89. The van der Waals surface area contributed by atoms with E-state index < -0.39 is 0 Å². The number of amides is 2. The molecule has 2 N–H and O–H groups in total. The molecule has 1 aliphatic heterocycles. The van der Waals surface area contributed by atoms with E-state index in [4.69, 9.17) is 0 Å². The highest BCUT2D eigenvalue weighted by molar-refractivity contribution is 5.89. The van der Waals surface area contributed by atoms with E-state index in [2.05, 4.69) is 34.4 Å². The predicted molar refractivity (Wildman–Crippen MR) is 121 cm³/mol. The highest BCUT2D eigenvalue weighted by Gasteiger charge is 2.28. The van der Waals surface area contributed by atoms with Crippen LogP contribution < -0.4 is 10.6 Å². The van der Waals surface area contributed by atoms with Gasteiger partial charge in [0.2, 0.25) is 0 Å². The van der Waals surface area contributed by atoms with Crippen molar-refractivity contribution in [1.29, 1.82) is 0 Å². The first-order chi connectivity index (χ1) is 14.2. The number of carbonyl (C=O) groups excluding carboxylic acids is 1. The first-order valence-corrected chi connectivity index (χ1v) is 11.7. The molecule has 1 saturated carbocycles. The second-order valence-electron chi connectivity index (χ2n) is 8.96. The summed E-state index contributed by atoms with van der Waals surface area (Å²) in [6.45, 7) is 6.47. The Kier molecular flexibility index (Phi) is 8.81. The molecular formula is C24H40N4O. The van der Waals surface area contributed by atoms with Gasteiger partial charge >= 0.3 is 6.03 Å². The number of rotatable bonds is 9. The number of hydrogen-bond acceptors (Lipinski definition) is 3. The second kappa shape index (κ2) is 11.6. The first-order valence-electron chi connectivity index (χ1n) is 11.7. The van der Waals surface area contributed by atoms with Crippen LogP contribution in [0.2, 0.25) is 0 Å². The van der Waals surface area contributed by atoms with Crippen molar-refractivity contribution >= 4 is 11.7 Å². The molecule has 3 rings (SSSR count). The molecule has 0 bridgehead atoms. The highest BCUT2D eigenvalue weighted by atomic mass is 16.2. The molecule has 2 fully saturated rings. The lowest BCUT2D eigenvalue weighted by Gasteiger charge is -2.36. The molecule has 2 amide bonds. The number of likely N-dealkylation sites (tertiary alicyclic amines) is 1. The number of para-hydroxylation sites is 1. The lowest BCUT2D eigenvalue weighted by atomic mass is 9.84. The maximum Gasteiger partial charge on any atom is 0.319 e. The van der Waals surface area contributed by atoms with Crippen LogP contribution in [0.15, 0.2) is 30.3 Å². The summed E-state index contributed by atoms with van der Waals surface area (Å²) in [5.74, 6) is 0.807. The highest BCUT2D eigenvalue weighted by Crippen LogP contribution is 2.29. The van der Waals surface area contributed by atoms with Gasteiger partial charge in [0, 0.05) is 30.9 Å². The van der Waals surface area contributed by atoms with Crippen molar-refractivity contribution in [2.75, 3.05) is 38.5 Å². The van der Waals surface area contributed by atoms with Crippen LogP contribution in [0.1, 0.15) is 58.3 Å². The smallest absolute Gasteiger partial charge is 0.319 e. The van der Waals surface area contributed by atoms with E-state index in [-0.39, 0.29) is 6.03 Å². The zero-order chi connectivity index (χ0) is 20.5. The number of likely N-dealkylation sites (N-methyl/N-ethyl adjacent to an activating group) is 2. The molecule has 0 radical (unpaired) electrons. The van der Waals surface area contributed by atoms with Crippen molar-refractivity contribution in [2.24, 2.45) is 5.92 Å². The Balaban J connectivity index is 1.55. The summed E-state index contributed by atoms with van der Waals surface area (Å²) in [5, 5.41) is 6.10. The van der Waals surface area contributed by atoms with Crippen LogP contribution in [-0.4, -0.2) is 61.1 Å². The van der Waals surface area contributed by atoms with Gasteiger partial charge in [0.15, 0.2) is 0 Å². The topological polar surface area (TPSA) is 47.6 Å². The predicted octanol–water partition coefficient (Wildman–Crippen LogP) is 4.56. The Morgan fingerprint density at radius 1 is 1.14 bits per heavy atom. The number of carbonyl (C=O) groups is 1. The van der Waals surface area contributed by atoms with Crippen molar-refractivity contribution in [3.8, 4) is 0 Å². The SMILES string of the molecule is CCN1CCC[C@H]1CN(C)[C@@H](CNC(=O)Nc1ccccc1)CC1CCCCC1. The van der Waals surface area contributed by atoms with Crippen molar-refractivity contribution in [2.45, 2.75) is 70.4 Å². The van der Waals surface area contributed by atoms with Crippen molar-refractivity contribution in [3.63, 3.8) is 0 Å². The Morgan fingerprint density at radius 3 is 2.62 bits per heavy atom. The quantitative estimate of drug-likeness (QED) is 0.639. The van der Waals surface area contributed by atoms with Crippen LogP contribution in [0.5, 0.6) is 0 Å². The van der Waals surface area contributed by atoms with Crippen molar-refractivity contribution < 1.29 is 4.79 Å². The third-order valence-electron chi connectivity index (χ3n) is 6.89. The van der Waals surface area contributed by atoms with E-state index in [1.165, 1.54) is 57.9 Å². The zero-order valence-corrected chi connectivity index (χ0v) is 18.4. The van der Waals surface area contributed by atoms with Gasteiger partial charge in [-0.05, 0) is 57.5 Å². The second-order valence-corrected chi connectivity index (χ2v) is 8.96. The van der Waals surface area contributed by atoms with Crippen LogP contribution in [0.3, 0.4) is 0 Å². The van der Waals surface area contributed by atoms with Crippen LogP contribution in [0.4, 0.5) is 10.5 Å². The lowest BCUT2D eigenvalue weighted by Crippen LogP contribution is -2.48. The van der Waals surface area contributed by atoms with E-state index >= 15 is 0 Å². The summed E-state index contributed by atoms with van der Waals surface area (Å²) in [6.07, 6.45) is 10.7. The van der Waals surface area contributed by atoms with Gasteiger partial charge in [0.1, 0.15) is 0 Å². The van der Waals surface area contributed by atoms with Gasteiger partial charge in [0.25, 0.3) is 0 Å². The Morgan fingerprint density at radius 2 is 1.90 bits per heavy atom. The molecule has 1 aromatic rings. The third kappa shape index (κ3) is 7.00. The standard InChI is InChI=1S/C24H40N4O/c1-3-28-16-10-15-22(28)19-27(2)23(17-20-11-6-4-7-12-20)18-25-24(29)26-21-13-8-5-9-14-21/h5,8-9,13-14,20,22-23H,3-4,6-7,10-12,15-19H2,1-2H3,(H2,25,26,29)/t22-,23+/m0/s1. The van der Waals surface area contributed by atoms with E-state index in [0.29, 0.717) is 18.6 Å². The number of nitrogens with zero attached hydrogens (tertiary/aromatic N) is 2. The fraction of sp³-hybridized carbons (Fsp3) is 0.708. The summed E-state index contributed by atoms with van der Waals surface area (Å²) in [7, 11) is 2.26. The molecule has 0 spiro atoms. The minimum atomic E-state index is -0.103. The molecule has 29 heavy (non-hydrogen) atoms. The van der Waals surface area contributed by atoms with Gasteiger partial charge in [0.05, 0.1) is 0 Å². The summed E-state index contributed by atoms with van der Waals surface area (Å²) < 4.78 is 0. The summed E-state index contributed by atoms with van der Waals surface area (Å²) in [6, 6.07) is 10.6. The molecule has 5 heteroatoms. The zero-order valence-electron chi connectivity index (χ0n) is 18.4. The number of urea groups is 1. The molecule has 0 unspecified atom stereocenters. The Bertz CT molecular complexity index is 602. The number of benzene rings is 1. The summed E-state index contributed by atoms with van der Waals surface area (Å²) >= 11 is 0. The van der Waals surface area contributed by atoms with E-state index in [1.54, 1.807) is 0 Å². The minimum Gasteiger partial charge on any atom is -0.336 e. The molecule has 2 atom stereocenters. The van der Waals surface area contributed by atoms with E-state index in [1.807, 2.05) is 30.3 Å².